The van der Waals surface area contributed by atoms with Crippen LogP contribution in [-0.4, -0.2) is 33.2 Å². The number of nitrogens with zero attached hydrogens (tertiary/aromatic N) is 3. The SMILES string of the molecule is Cn1nc(N)c2c(-c3ccc(N)cc3)cc([C@H]3CCN4C(=O)CC[C@H]4C3)cc21. The Morgan fingerprint density at radius 2 is 1.89 bits per heavy atom. The van der Waals surface area contributed by atoms with Crippen LogP contribution in [0.15, 0.2) is 36.4 Å². The van der Waals surface area contributed by atoms with E-state index in [1.54, 1.807) is 0 Å². The van der Waals surface area contributed by atoms with Gasteiger partial charge in [-0.15, -0.1) is 0 Å². The first-order chi connectivity index (χ1) is 13.5. The molecule has 0 aliphatic carbocycles. The molecule has 4 N–H and O–H groups in total. The number of hydrogen-bond acceptors (Lipinski definition) is 4. The Labute approximate surface area is 164 Å². The van der Waals surface area contributed by atoms with Crippen molar-refractivity contribution in [1.29, 1.82) is 0 Å². The number of piperidine rings is 1. The zero-order valence-corrected chi connectivity index (χ0v) is 16.1. The first kappa shape index (κ1) is 17.1. The van der Waals surface area contributed by atoms with E-state index in [0.29, 0.717) is 30.1 Å². The number of aryl methyl sites for hydroxylation is 1. The number of carbonyl (C=O) groups is 1. The van der Waals surface area contributed by atoms with E-state index in [9.17, 15) is 4.79 Å². The number of fused-ring (bicyclic) bond motifs is 2. The highest BCUT2D eigenvalue weighted by atomic mass is 16.2. The summed E-state index contributed by atoms with van der Waals surface area (Å²) in [7, 11) is 1.94. The minimum absolute atomic E-state index is 0.320. The predicted molar refractivity (Wildman–Crippen MR) is 112 cm³/mol. The second-order valence-electron chi connectivity index (χ2n) is 8.09. The van der Waals surface area contributed by atoms with Crippen LogP contribution in [0.4, 0.5) is 11.5 Å². The van der Waals surface area contributed by atoms with Crippen LogP contribution in [0.5, 0.6) is 0 Å². The van der Waals surface area contributed by atoms with Gasteiger partial charge in [-0.2, -0.15) is 5.10 Å². The van der Waals surface area contributed by atoms with E-state index < -0.39 is 0 Å². The first-order valence-electron chi connectivity index (χ1n) is 9.93. The highest BCUT2D eigenvalue weighted by Gasteiger charge is 2.37. The summed E-state index contributed by atoms with van der Waals surface area (Å²) in [6.45, 7) is 0.858. The second kappa shape index (κ2) is 6.26. The zero-order valence-electron chi connectivity index (χ0n) is 16.1. The van der Waals surface area contributed by atoms with Crippen molar-refractivity contribution in [3.8, 4) is 11.1 Å². The van der Waals surface area contributed by atoms with Crippen LogP contribution < -0.4 is 11.5 Å². The van der Waals surface area contributed by atoms with Gasteiger partial charge < -0.3 is 16.4 Å². The summed E-state index contributed by atoms with van der Waals surface area (Å²) in [5.41, 5.74) is 17.4. The second-order valence-corrected chi connectivity index (χ2v) is 8.09. The fourth-order valence-corrected chi connectivity index (χ4v) is 4.95. The molecule has 2 saturated heterocycles. The van der Waals surface area contributed by atoms with Gasteiger partial charge in [-0.3, -0.25) is 9.48 Å². The van der Waals surface area contributed by atoms with Gasteiger partial charge in [0.2, 0.25) is 5.91 Å². The third kappa shape index (κ3) is 2.63. The van der Waals surface area contributed by atoms with Crippen LogP contribution in [0.3, 0.4) is 0 Å². The monoisotopic (exact) mass is 375 g/mol. The molecule has 0 radical (unpaired) electrons. The van der Waals surface area contributed by atoms with Gasteiger partial charge in [-0.25, -0.2) is 0 Å². The highest BCUT2D eigenvalue weighted by molar-refractivity contribution is 6.02. The maximum absolute atomic E-state index is 12.0. The lowest BCUT2D eigenvalue weighted by Crippen LogP contribution is -2.39. The summed E-state index contributed by atoms with van der Waals surface area (Å²) in [6.07, 6.45) is 3.72. The molecule has 1 amide bonds. The van der Waals surface area contributed by atoms with E-state index >= 15 is 0 Å². The Bertz CT molecular complexity index is 1070. The largest absolute Gasteiger partial charge is 0.399 e. The lowest BCUT2D eigenvalue weighted by atomic mass is 9.83. The standard InChI is InChI=1S/C22H25N5O/c1-26-19-12-15(14-8-9-27-17(10-14)6-7-20(27)28)11-18(21(19)22(24)25-26)13-2-4-16(23)5-3-13/h2-5,11-12,14,17H,6-10,23H2,1H3,(H2,24,25)/t14-,17-/m0/s1. The Kier molecular flexibility index (Phi) is 3.82. The predicted octanol–water partition coefficient (Wildman–Crippen LogP) is 3.27. The number of benzene rings is 2. The van der Waals surface area contributed by atoms with Crippen LogP contribution >= 0.6 is 0 Å². The number of rotatable bonds is 2. The Hall–Kier alpha value is -3.02. The summed E-state index contributed by atoms with van der Waals surface area (Å²) >= 11 is 0. The van der Waals surface area contributed by atoms with E-state index in [0.717, 1.165) is 53.5 Å². The molecule has 2 aliphatic rings. The van der Waals surface area contributed by atoms with Gasteiger partial charge >= 0.3 is 0 Å². The van der Waals surface area contributed by atoms with Crippen LogP contribution in [-0.2, 0) is 11.8 Å². The lowest BCUT2D eigenvalue weighted by Gasteiger charge is -2.35. The number of anilines is 2. The summed E-state index contributed by atoms with van der Waals surface area (Å²) in [5.74, 6) is 1.31. The van der Waals surface area contributed by atoms with E-state index in [2.05, 4.69) is 22.1 Å². The number of carbonyl (C=O) groups excluding carboxylic acids is 1. The van der Waals surface area contributed by atoms with Crippen molar-refractivity contribution in [2.45, 2.75) is 37.6 Å². The van der Waals surface area contributed by atoms with Crippen molar-refractivity contribution in [2.75, 3.05) is 18.0 Å². The Morgan fingerprint density at radius 3 is 2.68 bits per heavy atom. The van der Waals surface area contributed by atoms with E-state index in [1.807, 2.05) is 36.0 Å². The van der Waals surface area contributed by atoms with Gasteiger partial charge in [0.1, 0.15) is 0 Å². The molecular weight excluding hydrogens is 350 g/mol. The normalized spacial score (nSPS) is 22.0. The molecule has 0 spiro atoms. The van der Waals surface area contributed by atoms with E-state index in [-0.39, 0.29) is 0 Å². The molecule has 3 heterocycles. The topological polar surface area (TPSA) is 90.2 Å². The summed E-state index contributed by atoms with van der Waals surface area (Å²) in [5, 5.41) is 5.45. The van der Waals surface area contributed by atoms with Crippen molar-refractivity contribution < 1.29 is 4.79 Å². The van der Waals surface area contributed by atoms with Crippen LogP contribution in [0, 0.1) is 0 Å². The van der Waals surface area contributed by atoms with Gasteiger partial charge in [-0.1, -0.05) is 12.1 Å². The Balaban J connectivity index is 1.61. The van der Waals surface area contributed by atoms with Crippen molar-refractivity contribution >= 4 is 28.3 Å². The Morgan fingerprint density at radius 1 is 1.11 bits per heavy atom. The molecule has 2 fully saturated rings. The van der Waals surface area contributed by atoms with Crippen LogP contribution in [0.2, 0.25) is 0 Å². The van der Waals surface area contributed by atoms with Crippen LogP contribution in [0.1, 0.15) is 37.2 Å². The van der Waals surface area contributed by atoms with Gasteiger partial charge in [-0.05, 0) is 66.1 Å². The molecule has 3 aromatic rings. The van der Waals surface area contributed by atoms with E-state index in [1.165, 1.54) is 5.56 Å². The smallest absolute Gasteiger partial charge is 0.222 e. The average Bonchev–Trinajstić information content (AvgIpc) is 3.21. The van der Waals surface area contributed by atoms with Crippen molar-refractivity contribution in [3.05, 3.63) is 42.0 Å². The zero-order chi connectivity index (χ0) is 19.4. The molecular formula is C22H25N5O. The molecule has 28 heavy (non-hydrogen) atoms. The molecule has 0 bridgehead atoms. The maximum atomic E-state index is 12.0. The molecule has 2 aliphatic heterocycles. The van der Waals surface area contributed by atoms with Gasteiger partial charge in [0.25, 0.3) is 0 Å². The third-order valence-corrected chi connectivity index (χ3v) is 6.42. The molecule has 2 aromatic carbocycles. The fraction of sp³-hybridized carbons (Fsp3) is 0.364. The first-order valence-corrected chi connectivity index (χ1v) is 9.93. The maximum Gasteiger partial charge on any atom is 0.222 e. The number of aromatic nitrogens is 2. The molecule has 144 valence electrons. The quantitative estimate of drug-likeness (QED) is 0.673. The average molecular weight is 375 g/mol. The fourth-order valence-electron chi connectivity index (χ4n) is 4.95. The van der Waals surface area contributed by atoms with Crippen molar-refractivity contribution in [1.82, 2.24) is 14.7 Å². The molecule has 5 rings (SSSR count). The van der Waals surface area contributed by atoms with E-state index in [4.69, 9.17) is 11.5 Å². The molecule has 2 atom stereocenters. The summed E-state index contributed by atoms with van der Waals surface area (Å²) in [4.78, 5) is 14.1. The molecule has 6 nitrogen and oxygen atoms in total. The summed E-state index contributed by atoms with van der Waals surface area (Å²) in [6, 6.07) is 12.8. The minimum atomic E-state index is 0.320. The molecule has 6 heteroatoms. The number of amides is 1. The third-order valence-electron chi connectivity index (χ3n) is 6.42. The number of nitrogens with two attached hydrogens (primary N) is 2. The van der Waals surface area contributed by atoms with Gasteiger partial charge in [0.05, 0.1) is 10.9 Å². The van der Waals surface area contributed by atoms with Crippen LogP contribution in [0.25, 0.3) is 22.0 Å². The lowest BCUT2D eigenvalue weighted by molar-refractivity contribution is -0.129. The van der Waals surface area contributed by atoms with Crippen molar-refractivity contribution in [3.63, 3.8) is 0 Å². The molecule has 0 saturated carbocycles. The minimum Gasteiger partial charge on any atom is -0.399 e. The highest BCUT2D eigenvalue weighted by Crippen LogP contribution is 2.41. The molecule has 1 aromatic heterocycles. The summed E-state index contributed by atoms with van der Waals surface area (Å²) < 4.78 is 1.86. The van der Waals surface area contributed by atoms with Gasteiger partial charge in [0, 0.05) is 31.7 Å². The van der Waals surface area contributed by atoms with Crippen molar-refractivity contribution in [2.24, 2.45) is 7.05 Å². The number of nitrogen functional groups attached to an aromatic ring is 2. The van der Waals surface area contributed by atoms with Gasteiger partial charge in [0.15, 0.2) is 5.82 Å². The molecule has 0 unspecified atom stereocenters. The number of hydrogen-bond donors (Lipinski definition) is 2.